The van der Waals surface area contributed by atoms with E-state index in [1.165, 1.54) is 11.4 Å². The number of hydrogen-bond donors (Lipinski definition) is 2. The standard InChI is InChI=1S/C11H24N2O4S/c1-10-4-7-13(8-5-10)18(15,16)12-6-3-11(14)9-17-2/h10-12,14H,3-9H2,1-2H3. The smallest absolute Gasteiger partial charge is 0.279 e. The third-order valence-electron chi connectivity index (χ3n) is 3.20. The van der Waals surface area contributed by atoms with Crippen molar-refractivity contribution < 1.29 is 18.3 Å². The van der Waals surface area contributed by atoms with Gasteiger partial charge in [0.05, 0.1) is 12.7 Å². The highest BCUT2D eigenvalue weighted by atomic mass is 32.2. The van der Waals surface area contributed by atoms with Crippen LogP contribution >= 0.6 is 0 Å². The van der Waals surface area contributed by atoms with Gasteiger partial charge < -0.3 is 9.84 Å². The third-order valence-corrected chi connectivity index (χ3v) is 4.82. The Balaban J connectivity index is 2.31. The minimum absolute atomic E-state index is 0.225. The quantitative estimate of drug-likeness (QED) is 0.685. The normalized spacial score (nSPS) is 21.1. The Morgan fingerprint density at radius 1 is 1.44 bits per heavy atom. The molecular weight excluding hydrogens is 256 g/mol. The van der Waals surface area contributed by atoms with Crippen LogP contribution in [0.5, 0.6) is 0 Å². The van der Waals surface area contributed by atoms with E-state index in [1.54, 1.807) is 0 Å². The fourth-order valence-electron chi connectivity index (χ4n) is 1.95. The average Bonchev–Trinajstić information content (AvgIpc) is 2.29. The molecule has 1 fully saturated rings. The van der Waals surface area contributed by atoms with Crippen molar-refractivity contribution in [3.05, 3.63) is 0 Å². The van der Waals surface area contributed by atoms with Crippen LogP contribution in [0.4, 0.5) is 0 Å². The average molecular weight is 280 g/mol. The number of nitrogens with zero attached hydrogens (tertiary/aromatic N) is 1. The minimum Gasteiger partial charge on any atom is -0.391 e. The molecular formula is C11H24N2O4S. The molecule has 1 rings (SSSR count). The molecule has 1 aliphatic rings. The largest absolute Gasteiger partial charge is 0.391 e. The molecule has 0 bridgehead atoms. The van der Waals surface area contributed by atoms with Crippen LogP contribution < -0.4 is 4.72 Å². The fraction of sp³-hybridized carbons (Fsp3) is 1.00. The molecule has 1 unspecified atom stereocenters. The Morgan fingerprint density at radius 3 is 2.61 bits per heavy atom. The van der Waals surface area contributed by atoms with Crippen molar-refractivity contribution in [3.8, 4) is 0 Å². The second kappa shape index (κ2) is 7.40. The molecule has 0 aliphatic carbocycles. The number of aliphatic hydroxyl groups is 1. The van der Waals surface area contributed by atoms with Gasteiger partial charge in [0, 0.05) is 26.7 Å². The first-order valence-electron chi connectivity index (χ1n) is 6.37. The van der Waals surface area contributed by atoms with Gasteiger partial charge in [-0.1, -0.05) is 6.92 Å². The van der Waals surface area contributed by atoms with Crippen LogP contribution in [0.3, 0.4) is 0 Å². The highest BCUT2D eigenvalue weighted by Gasteiger charge is 2.25. The molecule has 1 atom stereocenters. The van der Waals surface area contributed by atoms with Crippen LogP contribution in [0.1, 0.15) is 26.2 Å². The lowest BCUT2D eigenvalue weighted by molar-refractivity contribution is 0.0602. The Labute approximate surface area is 109 Å². The topological polar surface area (TPSA) is 78.9 Å². The fourth-order valence-corrected chi connectivity index (χ4v) is 3.20. The van der Waals surface area contributed by atoms with Crippen molar-refractivity contribution in [2.45, 2.75) is 32.3 Å². The monoisotopic (exact) mass is 280 g/mol. The van der Waals surface area contributed by atoms with Crippen LogP contribution in [0, 0.1) is 5.92 Å². The number of nitrogens with one attached hydrogen (secondary N) is 1. The molecule has 0 aromatic carbocycles. The molecule has 0 amide bonds. The summed E-state index contributed by atoms with van der Waals surface area (Å²) in [6.45, 7) is 3.76. The molecule has 18 heavy (non-hydrogen) atoms. The van der Waals surface area contributed by atoms with E-state index in [2.05, 4.69) is 11.6 Å². The van der Waals surface area contributed by atoms with E-state index in [1.807, 2.05) is 0 Å². The molecule has 6 nitrogen and oxygen atoms in total. The molecule has 0 saturated carbocycles. The van der Waals surface area contributed by atoms with Crippen molar-refractivity contribution in [2.24, 2.45) is 5.92 Å². The van der Waals surface area contributed by atoms with Gasteiger partial charge in [-0.15, -0.1) is 0 Å². The summed E-state index contributed by atoms with van der Waals surface area (Å²) < 4.78 is 32.6. The summed E-state index contributed by atoms with van der Waals surface area (Å²) in [4.78, 5) is 0. The van der Waals surface area contributed by atoms with Gasteiger partial charge in [-0.25, -0.2) is 4.72 Å². The second-order valence-electron chi connectivity index (χ2n) is 4.88. The van der Waals surface area contributed by atoms with Crippen molar-refractivity contribution in [1.29, 1.82) is 0 Å². The Kier molecular flexibility index (Phi) is 6.51. The highest BCUT2D eigenvalue weighted by molar-refractivity contribution is 7.87. The number of rotatable bonds is 7. The highest BCUT2D eigenvalue weighted by Crippen LogP contribution is 2.17. The van der Waals surface area contributed by atoms with Gasteiger partial charge in [0.15, 0.2) is 0 Å². The van der Waals surface area contributed by atoms with Crippen molar-refractivity contribution in [2.75, 3.05) is 33.4 Å². The summed E-state index contributed by atoms with van der Waals surface area (Å²) in [6.07, 6.45) is 1.55. The summed E-state index contributed by atoms with van der Waals surface area (Å²) in [5.74, 6) is 0.597. The summed E-state index contributed by atoms with van der Waals surface area (Å²) in [5.41, 5.74) is 0. The van der Waals surface area contributed by atoms with E-state index in [0.29, 0.717) is 25.4 Å². The van der Waals surface area contributed by atoms with Crippen LogP contribution in [0.15, 0.2) is 0 Å². The zero-order chi connectivity index (χ0) is 13.6. The van der Waals surface area contributed by atoms with Crippen LogP contribution in [-0.4, -0.2) is 57.3 Å². The Hall–Kier alpha value is -0.210. The Bertz CT molecular complexity index is 326. The molecule has 1 saturated heterocycles. The number of aliphatic hydroxyl groups excluding tert-OH is 1. The molecule has 2 N–H and O–H groups in total. The van der Waals surface area contributed by atoms with Gasteiger partial charge in [0.25, 0.3) is 10.2 Å². The maximum absolute atomic E-state index is 11.9. The summed E-state index contributed by atoms with van der Waals surface area (Å²) in [6, 6.07) is 0. The number of hydrogen-bond acceptors (Lipinski definition) is 4. The number of methoxy groups -OCH3 is 1. The van der Waals surface area contributed by atoms with Gasteiger partial charge in [-0.2, -0.15) is 12.7 Å². The number of ether oxygens (including phenoxy) is 1. The lowest BCUT2D eigenvalue weighted by atomic mass is 10.0. The first kappa shape index (κ1) is 15.8. The summed E-state index contributed by atoms with van der Waals surface area (Å²) in [7, 11) is -1.88. The lowest BCUT2D eigenvalue weighted by Crippen LogP contribution is -2.45. The molecule has 108 valence electrons. The first-order chi connectivity index (χ1) is 8.45. The number of piperidine rings is 1. The molecule has 1 heterocycles. The van der Waals surface area contributed by atoms with Gasteiger partial charge in [-0.3, -0.25) is 0 Å². The maximum atomic E-state index is 11.9. The lowest BCUT2D eigenvalue weighted by Gasteiger charge is -2.29. The molecule has 0 spiro atoms. The summed E-state index contributed by atoms with van der Waals surface area (Å²) >= 11 is 0. The van der Waals surface area contributed by atoms with E-state index in [-0.39, 0.29) is 13.2 Å². The van der Waals surface area contributed by atoms with Crippen molar-refractivity contribution >= 4 is 10.2 Å². The molecule has 0 aromatic rings. The van der Waals surface area contributed by atoms with E-state index in [0.717, 1.165) is 12.8 Å². The minimum atomic E-state index is -3.39. The first-order valence-corrected chi connectivity index (χ1v) is 7.81. The molecule has 0 aromatic heterocycles. The third kappa shape index (κ3) is 5.19. The van der Waals surface area contributed by atoms with E-state index >= 15 is 0 Å². The van der Waals surface area contributed by atoms with Crippen LogP contribution in [0.2, 0.25) is 0 Å². The van der Waals surface area contributed by atoms with Gasteiger partial charge in [0.1, 0.15) is 0 Å². The zero-order valence-corrected chi connectivity index (χ0v) is 11.9. The molecule has 1 aliphatic heterocycles. The Morgan fingerprint density at radius 2 is 2.06 bits per heavy atom. The second-order valence-corrected chi connectivity index (χ2v) is 6.63. The molecule has 0 radical (unpaired) electrons. The molecule has 7 heteroatoms. The van der Waals surface area contributed by atoms with E-state index < -0.39 is 16.3 Å². The maximum Gasteiger partial charge on any atom is 0.279 e. The zero-order valence-electron chi connectivity index (χ0n) is 11.1. The predicted molar refractivity (Wildman–Crippen MR) is 69.4 cm³/mol. The van der Waals surface area contributed by atoms with E-state index in [9.17, 15) is 13.5 Å². The SMILES string of the molecule is COCC(O)CCNS(=O)(=O)N1CCC(C)CC1. The van der Waals surface area contributed by atoms with Crippen molar-refractivity contribution in [3.63, 3.8) is 0 Å². The van der Waals surface area contributed by atoms with E-state index in [4.69, 9.17) is 4.74 Å². The van der Waals surface area contributed by atoms with Crippen molar-refractivity contribution in [1.82, 2.24) is 9.03 Å². The van der Waals surface area contributed by atoms with Crippen LogP contribution in [0.25, 0.3) is 0 Å². The van der Waals surface area contributed by atoms with Crippen LogP contribution in [-0.2, 0) is 14.9 Å². The predicted octanol–water partition coefficient (Wildman–Crippen LogP) is -0.0499. The van der Waals surface area contributed by atoms with Gasteiger partial charge in [-0.05, 0) is 25.2 Å². The summed E-state index contributed by atoms with van der Waals surface area (Å²) in [5, 5.41) is 9.42. The van der Waals surface area contributed by atoms with Gasteiger partial charge in [0.2, 0.25) is 0 Å². The van der Waals surface area contributed by atoms with Gasteiger partial charge >= 0.3 is 0 Å².